The highest BCUT2D eigenvalue weighted by Crippen LogP contribution is 2.22. The van der Waals surface area contributed by atoms with Gasteiger partial charge in [0.1, 0.15) is 5.82 Å². The lowest BCUT2D eigenvalue weighted by molar-refractivity contribution is 0.161. The van der Waals surface area contributed by atoms with Gasteiger partial charge in [-0.05, 0) is 57.5 Å². The molecule has 1 fully saturated rings. The molecule has 106 valence electrons. The first-order chi connectivity index (χ1) is 9.10. The lowest BCUT2D eigenvalue weighted by atomic mass is 9.96. The normalized spacial score (nSPS) is 26.3. The van der Waals surface area contributed by atoms with Gasteiger partial charge in [-0.1, -0.05) is 19.1 Å². The van der Waals surface area contributed by atoms with Gasteiger partial charge >= 0.3 is 0 Å². The van der Waals surface area contributed by atoms with Crippen LogP contribution >= 0.6 is 0 Å². The molecule has 0 aliphatic carbocycles. The van der Waals surface area contributed by atoms with E-state index in [1.54, 1.807) is 12.1 Å². The third kappa shape index (κ3) is 3.77. The van der Waals surface area contributed by atoms with Crippen LogP contribution in [0.25, 0.3) is 0 Å². The quantitative estimate of drug-likeness (QED) is 0.897. The maximum Gasteiger partial charge on any atom is 0.123 e. The van der Waals surface area contributed by atoms with Crippen LogP contribution in [0.5, 0.6) is 0 Å². The predicted octanol–water partition coefficient (Wildman–Crippen LogP) is 3.35. The maximum absolute atomic E-state index is 13.3. The molecule has 1 aliphatic rings. The van der Waals surface area contributed by atoms with Gasteiger partial charge in [-0.25, -0.2) is 4.39 Å². The molecule has 0 bridgehead atoms. The van der Waals surface area contributed by atoms with Crippen molar-refractivity contribution in [2.75, 3.05) is 13.6 Å². The summed E-state index contributed by atoms with van der Waals surface area (Å²) in [6, 6.07) is 8.40. The van der Waals surface area contributed by atoms with E-state index in [-0.39, 0.29) is 11.9 Å². The second kappa shape index (κ2) is 6.49. The van der Waals surface area contributed by atoms with Crippen LogP contribution in [0.3, 0.4) is 0 Å². The van der Waals surface area contributed by atoms with E-state index >= 15 is 0 Å². The molecular formula is C16H25FN2. The summed E-state index contributed by atoms with van der Waals surface area (Å²) in [7, 11) is 2.19. The van der Waals surface area contributed by atoms with Gasteiger partial charge in [0.15, 0.2) is 0 Å². The Morgan fingerprint density at radius 2 is 2.26 bits per heavy atom. The summed E-state index contributed by atoms with van der Waals surface area (Å²) in [5.74, 6) is -0.144. The smallest absolute Gasteiger partial charge is 0.123 e. The average molecular weight is 264 g/mol. The van der Waals surface area contributed by atoms with Crippen LogP contribution in [0.1, 0.15) is 44.7 Å². The van der Waals surface area contributed by atoms with Crippen LogP contribution in [-0.2, 0) is 0 Å². The van der Waals surface area contributed by atoms with Crippen LogP contribution in [0.4, 0.5) is 4.39 Å². The number of nitrogens with one attached hydrogen (secondary N) is 1. The molecule has 0 amide bonds. The molecule has 3 unspecified atom stereocenters. The molecule has 1 aromatic carbocycles. The number of halogens is 1. The Balaban J connectivity index is 1.99. The van der Waals surface area contributed by atoms with E-state index in [0.29, 0.717) is 12.1 Å². The molecule has 2 rings (SSSR count). The molecule has 2 nitrogen and oxygen atoms in total. The van der Waals surface area contributed by atoms with Crippen molar-refractivity contribution >= 4 is 0 Å². The van der Waals surface area contributed by atoms with Gasteiger partial charge in [0.25, 0.3) is 0 Å². The van der Waals surface area contributed by atoms with Crippen molar-refractivity contribution in [1.82, 2.24) is 10.2 Å². The number of hydrogen-bond acceptors (Lipinski definition) is 2. The number of benzene rings is 1. The molecule has 1 aromatic rings. The minimum Gasteiger partial charge on any atom is -0.307 e. The fourth-order valence-corrected chi connectivity index (χ4v) is 2.90. The van der Waals surface area contributed by atoms with E-state index in [0.717, 1.165) is 18.5 Å². The Morgan fingerprint density at radius 3 is 2.89 bits per heavy atom. The Hall–Kier alpha value is -0.930. The first-order valence-electron chi connectivity index (χ1n) is 7.32. The van der Waals surface area contributed by atoms with Gasteiger partial charge in [0.05, 0.1) is 0 Å². The molecule has 0 saturated carbocycles. The van der Waals surface area contributed by atoms with E-state index in [9.17, 15) is 4.39 Å². The number of nitrogens with zero attached hydrogens (tertiary/aromatic N) is 1. The van der Waals surface area contributed by atoms with Crippen molar-refractivity contribution in [3.8, 4) is 0 Å². The summed E-state index contributed by atoms with van der Waals surface area (Å²) in [5.41, 5.74) is 1.06. The molecule has 1 saturated heterocycles. The molecule has 1 heterocycles. The Bertz CT molecular complexity index is 407. The largest absolute Gasteiger partial charge is 0.307 e. The molecule has 3 heteroatoms. The third-order valence-electron chi connectivity index (χ3n) is 4.30. The van der Waals surface area contributed by atoms with Crippen molar-refractivity contribution in [1.29, 1.82) is 0 Å². The first kappa shape index (κ1) is 14.5. The second-order valence-electron chi connectivity index (χ2n) is 5.73. The molecule has 19 heavy (non-hydrogen) atoms. The predicted molar refractivity (Wildman–Crippen MR) is 77.7 cm³/mol. The van der Waals surface area contributed by atoms with Crippen LogP contribution in [0.2, 0.25) is 0 Å². The van der Waals surface area contributed by atoms with E-state index in [2.05, 4.69) is 31.1 Å². The molecule has 0 radical (unpaired) electrons. The standard InChI is InChI=1S/C16H25FN2/c1-4-16(13-6-5-7-14(17)11-13)18-15-8-9-19(3)12(2)10-15/h5-7,11-12,15-16,18H,4,8-10H2,1-3H3. The summed E-state index contributed by atoms with van der Waals surface area (Å²) in [6.45, 7) is 5.57. The van der Waals surface area contributed by atoms with Gasteiger partial charge < -0.3 is 10.2 Å². The summed E-state index contributed by atoms with van der Waals surface area (Å²) < 4.78 is 13.3. The molecule has 1 N–H and O–H groups in total. The number of hydrogen-bond donors (Lipinski definition) is 1. The third-order valence-corrected chi connectivity index (χ3v) is 4.30. The molecular weight excluding hydrogens is 239 g/mol. The van der Waals surface area contributed by atoms with Gasteiger partial charge in [-0.3, -0.25) is 0 Å². The second-order valence-corrected chi connectivity index (χ2v) is 5.73. The molecule has 3 atom stereocenters. The zero-order chi connectivity index (χ0) is 13.8. The SMILES string of the molecule is CCC(NC1CCN(C)C(C)C1)c1cccc(F)c1. The van der Waals surface area contributed by atoms with E-state index < -0.39 is 0 Å². The zero-order valence-corrected chi connectivity index (χ0v) is 12.2. The summed E-state index contributed by atoms with van der Waals surface area (Å²) in [6.07, 6.45) is 3.33. The highest BCUT2D eigenvalue weighted by molar-refractivity contribution is 5.20. The van der Waals surface area contributed by atoms with Crippen LogP contribution in [0, 0.1) is 5.82 Å². The first-order valence-corrected chi connectivity index (χ1v) is 7.32. The minimum absolute atomic E-state index is 0.144. The fourth-order valence-electron chi connectivity index (χ4n) is 2.90. The van der Waals surface area contributed by atoms with Crippen molar-refractivity contribution in [3.05, 3.63) is 35.6 Å². The van der Waals surface area contributed by atoms with E-state index in [4.69, 9.17) is 0 Å². The van der Waals surface area contributed by atoms with E-state index in [1.807, 2.05) is 6.07 Å². The number of piperidine rings is 1. The summed E-state index contributed by atoms with van der Waals surface area (Å²) in [5, 5.41) is 3.71. The topological polar surface area (TPSA) is 15.3 Å². The number of likely N-dealkylation sites (tertiary alicyclic amines) is 1. The molecule has 1 aliphatic heterocycles. The Kier molecular flexibility index (Phi) is 4.94. The monoisotopic (exact) mass is 264 g/mol. The van der Waals surface area contributed by atoms with Gasteiger partial charge in [0.2, 0.25) is 0 Å². The zero-order valence-electron chi connectivity index (χ0n) is 12.2. The van der Waals surface area contributed by atoms with Crippen LogP contribution < -0.4 is 5.32 Å². The average Bonchev–Trinajstić information content (AvgIpc) is 2.40. The van der Waals surface area contributed by atoms with Crippen molar-refractivity contribution in [2.45, 2.75) is 51.2 Å². The summed E-state index contributed by atoms with van der Waals surface area (Å²) in [4.78, 5) is 2.40. The number of rotatable bonds is 4. The Morgan fingerprint density at radius 1 is 1.47 bits per heavy atom. The van der Waals surface area contributed by atoms with Crippen molar-refractivity contribution in [3.63, 3.8) is 0 Å². The maximum atomic E-state index is 13.3. The van der Waals surface area contributed by atoms with Crippen molar-refractivity contribution in [2.24, 2.45) is 0 Å². The Labute approximate surface area is 116 Å². The van der Waals surface area contributed by atoms with Gasteiger partial charge in [-0.2, -0.15) is 0 Å². The minimum atomic E-state index is -0.144. The van der Waals surface area contributed by atoms with Gasteiger partial charge in [0, 0.05) is 18.1 Å². The highest BCUT2D eigenvalue weighted by Gasteiger charge is 2.24. The van der Waals surface area contributed by atoms with Crippen molar-refractivity contribution < 1.29 is 4.39 Å². The lowest BCUT2D eigenvalue weighted by Gasteiger charge is -2.37. The summed E-state index contributed by atoms with van der Waals surface area (Å²) >= 11 is 0. The lowest BCUT2D eigenvalue weighted by Crippen LogP contribution is -2.46. The van der Waals surface area contributed by atoms with Crippen LogP contribution in [0.15, 0.2) is 24.3 Å². The van der Waals surface area contributed by atoms with E-state index in [1.165, 1.54) is 18.9 Å². The fraction of sp³-hybridized carbons (Fsp3) is 0.625. The van der Waals surface area contributed by atoms with Gasteiger partial charge in [-0.15, -0.1) is 0 Å². The molecule has 0 aromatic heterocycles. The van der Waals surface area contributed by atoms with Crippen LogP contribution in [-0.4, -0.2) is 30.6 Å². The molecule has 0 spiro atoms. The highest BCUT2D eigenvalue weighted by atomic mass is 19.1.